The van der Waals surface area contributed by atoms with E-state index in [9.17, 15) is 4.79 Å². The summed E-state index contributed by atoms with van der Waals surface area (Å²) in [6.07, 6.45) is 8.62. The second kappa shape index (κ2) is 8.27. The monoisotopic (exact) mass is 307 g/mol. The third-order valence-corrected chi connectivity index (χ3v) is 4.88. The molecule has 0 aromatic carbocycles. The fraction of sp³-hybridized carbons (Fsp3) is 0.625. The fourth-order valence-corrected chi connectivity index (χ4v) is 3.28. The van der Waals surface area contributed by atoms with Crippen LogP contribution in [-0.2, 0) is 0 Å². The number of rotatable bonds is 5. The maximum atomic E-state index is 11.9. The van der Waals surface area contributed by atoms with Gasteiger partial charge in [0.25, 0.3) is 5.91 Å². The Hall–Kier alpha value is -1.23. The van der Waals surface area contributed by atoms with Gasteiger partial charge in [0.05, 0.1) is 5.56 Å². The van der Waals surface area contributed by atoms with E-state index in [1.165, 1.54) is 19.3 Å². The van der Waals surface area contributed by atoms with Crippen LogP contribution in [0.3, 0.4) is 0 Å². The lowest BCUT2D eigenvalue weighted by Gasteiger charge is -2.24. The summed E-state index contributed by atoms with van der Waals surface area (Å²) in [5, 5.41) is 3.56. The molecule has 1 aromatic rings. The molecule has 1 aliphatic rings. The van der Waals surface area contributed by atoms with Crippen molar-refractivity contribution in [1.82, 2.24) is 10.3 Å². The molecule has 0 aliphatic carbocycles. The number of thioether (sulfide) groups is 1. The van der Waals surface area contributed by atoms with Crippen molar-refractivity contribution in [3.8, 4) is 0 Å². The van der Waals surface area contributed by atoms with Crippen molar-refractivity contribution in [2.45, 2.75) is 37.9 Å². The first-order valence-corrected chi connectivity index (χ1v) is 9.05. The molecule has 1 unspecified atom stereocenters. The van der Waals surface area contributed by atoms with Crippen molar-refractivity contribution in [2.75, 3.05) is 30.8 Å². The van der Waals surface area contributed by atoms with E-state index in [1.54, 1.807) is 6.20 Å². The quantitative estimate of drug-likeness (QED) is 0.908. The van der Waals surface area contributed by atoms with Gasteiger partial charge in [-0.2, -0.15) is 11.8 Å². The average Bonchev–Trinajstić information content (AvgIpc) is 2.78. The first-order chi connectivity index (χ1) is 10.2. The Labute approximate surface area is 131 Å². The summed E-state index contributed by atoms with van der Waals surface area (Å²) in [4.78, 5) is 18.7. The third kappa shape index (κ3) is 4.63. The van der Waals surface area contributed by atoms with Crippen LogP contribution in [0.15, 0.2) is 18.3 Å². The Kier molecular flexibility index (Phi) is 6.36. The van der Waals surface area contributed by atoms with Gasteiger partial charge in [-0.25, -0.2) is 4.98 Å². The van der Waals surface area contributed by atoms with E-state index in [0.717, 1.165) is 25.3 Å². The van der Waals surface area contributed by atoms with Crippen LogP contribution in [0.25, 0.3) is 0 Å². The molecule has 116 valence electrons. The van der Waals surface area contributed by atoms with E-state index in [4.69, 9.17) is 0 Å². The molecule has 1 aliphatic heterocycles. The van der Waals surface area contributed by atoms with E-state index < -0.39 is 0 Å². The highest BCUT2D eigenvalue weighted by Crippen LogP contribution is 2.23. The number of hydrogen-bond acceptors (Lipinski definition) is 4. The lowest BCUT2D eigenvalue weighted by molar-refractivity contribution is 0.0953. The minimum Gasteiger partial charge on any atom is -0.356 e. The van der Waals surface area contributed by atoms with Gasteiger partial charge in [-0.1, -0.05) is 13.3 Å². The molecule has 1 saturated heterocycles. The van der Waals surface area contributed by atoms with E-state index >= 15 is 0 Å². The van der Waals surface area contributed by atoms with Gasteiger partial charge in [-0.15, -0.1) is 0 Å². The van der Waals surface area contributed by atoms with E-state index in [-0.39, 0.29) is 5.91 Å². The molecule has 4 nitrogen and oxygen atoms in total. The molecular weight excluding hydrogens is 282 g/mol. The second-order valence-corrected chi connectivity index (χ2v) is 6.60. The molecule has 1 amide bonds. The van der Waals surface area contributed by atoms with Crippen LogP contribution in [0.4, 0.5) is 5.82 Å². The van der Waals surface area contributed by atoms with Gasteiger partial charge in [0.15, 0.2) is 0 Å². The lowest BCUT2D eigenvalue weighted by Crippen LogP contribution is -2.30. The molecular formula is C16H25N3OS. The minimum atomic E-state index is -0.0336. The van der Waals surface area contributed by atoms with Crippen LogP contribution < -0.4 is 10.2 Å². The van der Waals surface area contributed by atoms with Gasteiger partial charge in [-0.3, -0.25) is 4.79 Å². The number of hydrogen-bond donors (Lipinski definition) is 1. The normalized spacial score (nSPS) is 19.1. The number of pyridine rings is 1. The highest BCUT2D eigenvalue weighted by molar-refractivity contribution is 7.99. The topological polar surface area (TPSA) is 45.2 Å². The summed E-state index contributed by atoms with van der Waals surface area (Å²) in [6.45, 7) is 4.87. The largest absolute Gasteiger partial charge is 0.356 e. The van der Waals surface area contributed by atoms with Gasteiger partial charge in [0.1, 0.15) is 5.82 Å². The predicted molar refractivity (Wildman–Crippen MR) is 90.2 cm³/mol. The number of carbonyl (C=O) groups is 1. The standard InChI is InChI=1S/C16H25N3OS/c1-3-9-17-16(20)13-7-8-15(18-11-13)19-10-5-4-6-14(12-19)21-2/h7-8,11,14H,3-6,9-10,12H2,1-2H3,(H,17,20). The summed E-state index contributed by atoms with van der Waals surface area (Å²) in [6, 6.07) is 3.86. The van der Waals surface area contributed by atoms with Gasteiger partial charge in [0.2, 0.25) is 0 Å². The Balaban J connectivity index is 2.02. The van der Waals surface area contributed by atoms with Crippen molar-refractivity contribution in [3.63, 3.8) is 0 Å². The number of nitrogens with one attached hydrogen (secondary N) is 1. The zero-order valence-corrected chi connectivity index (χ0v) is 13.8. The number of nitrogens with zero attached hydrogens (tertiary/aromatic N) is 2. The van der Waals surface area contributed by atoms with Crippen LogP contribution in [0, 0.1) is 0 Å². The molecule has 1 aromatic heterocycles. The summed E-state index contributed by atoms with van der Waals surface area (Å²) in [5.74, 6) is 0.955. The first-order valence-electron chi connectivity index (χ1n) is 7.76. The minimum absolute atomic E-state index is 0.0336. The number of amides is 1. The maximum absolute atomic E-state index is 11.9. The molecule has 2 rings (SSSR count). The van der Waals surface area contributed by atoms with Gasteiger partial charge in [0, 0.05) is 31.1 Å². The van der Waals surface area contributed by atoms with Crippen molar-refractivity contribution < 1.29 is 4.79 Å². The number of aromatic nitrogens is 1. The van der Waals surface area contributed by atoms with E-state index in [0.29, 0.717) is 17.4 Å². The summed E-state index contributed by atoms with van der Waals surface area (Å²) < 4.78 is 0. The van der Waals surface area contributed by atoms with E-state index in [1.807, 2.05) is 30.8 Å². The highest BCUT2D eigenvalue weighted by Gasteiger charge is 2.18. The molecule has 5 heteroatoms. The van der Waals surface area contributed by atoms with Crippen molar-refractivity contribution in [2.24, 2.45) is 0 Å². The van der Waals surface area contributed by atoms with Crippen LogP contribution in [0.2, 0.25) is 0 Å². The molecule has 21 heavy (non-hydrogen) atoms. The zero-order valence-electron chi connectivity index (χ0n) is 13.0. The average molecular weight is 307 g/mol. The SMILES string of the molecule is CCCNC(=O)c1ccc(N2CCCCC(SC)C2)nc1. The Bertz CT molecular complexity index is 449. The predicted octanol–water partition coefficient (Wildman–Crippen LogP) is 2.94. The van der Waals surface area contributed by atoms with Crippen molar-refractivity contribution in [1.29, 1.82) is 0 Å². The van der Waals surface area contributed by atoms with Crippen LogP contribution in [0.5, 0.6) is 0 Å². The molecule has 0 bridgehead atoms. The van der Waals surface area contributed by atoms with Gasteiger partial charge in [-0.05, 0) is 37.7 Å². The molecule has 1 atom stereocenters. The molecule has 1 fully saturated rings. The van der Waals surface area contributed by atoms with Crippen molar-refractivity contribution in [3.05, 3.63) is 23.9 Å². The molecule has 0 saturated carbocycles. The number of carbonyl (C=O) groups excluding carboxylic acids is 1. The first kappa shape index (κ1) is 16.1. The molecule has 1 N–H and O–H groups in total. The molecule has 0 radical (unpaired) electrons. The van der Waals surface area contributed by atoms with Crippen LogP contribution in [0.1, 0.15) is 43.0 Å². The van der Waals surface area contributed by atoms with Crippen LogP contribution >= 0.6 is 11.8 Å². The Morgan fingerprint density at radius 2 is 2.33 bits per heavy atom. The summed E-state index contributed by atoms with van der Waals surface area (Å²) in [5.41, 5.74) is 0.642. The van der Waals surface area contributed by atoms with E-state index in [2.05, 4.69) is 21.5 Å². The van der Waals surface area contributed by atoms with Gasteiger partial charge < -0.3 is 10.2 Å². The van der Waals surface area contributed by atoms with Crippen LogP contribution in [-0.4, -0.2) is 42.0 Å². The van der Waals surface area contributed by atoms with Crippen molar-refractivity contribution >= 4 is 23.5 Å². The lowest BCUT2D eigenvalue weighted by atomic mass is 10.2. The van der Waals surface area contributed by atoms with Gasteiger partial charge >= 0.3 is 0 Å². The fourth-order valence-electron chi connectivity index (χ4n) is 2.55. The third-order valence-electron chi connectivity index (χ3n) is 3.83. The zero-order chi connectivity index (χ0) is 15.1. The highest BCUT2D eigenvalue weighted by atomic mass is 32.2. The summed E-state index contributed by atoms with van der Waals surface area (Å²) >= 11 is 1.94. The maximum Gasteiger partial charge on any atom is 0.252 e. The molecule has 2 heterocycles. The number of anilines is 1. The second-order valence-electron chi connectivity index (χ2n) is 5.46. The molecule has 0 spiro atoms. The Morgan fingerprint density at radius 1 is 1.48 bits per heavy atom. The Morgan fingerprint density at radius 3 is 3.00 bits per heavy atom. The smallest absolute Gasteiger partial charge is 0.252 e. The summed E-state index contributed by atoms with van der Waals surface area (Å²) in [7, 11) is 0.